The highest BCUT2D eigenvalue weighted by Gasteiger charge is 2.21. The Morgan fingerprint density at radius 2 is 2.13 bits per heavy atom. The van der Waals surface area contributed by atoms with Gasteiger partial charge in [-0.2, -0.15) is 0 Å². The van der Waals surface area contributed by atoms with E-state index >= 15 is 0 Å². The highest BCUT2D eigenvalue weighted by molar-refractivity contribution is 14.0. The van der Waals surface area contributed by atoms with Gasteiger partial charge in [-0.1, -0.05) is 12.1 Å². The van der Waals surface area contributed by atoms with Crippen LogP contribution >= 0.6 is 24.0 Å². The number of hydrogen-bond acceptors (Lipinski definition) is 4. The molecule has 4 rings (SSSR count). The van der Waals surface area contributed by atoms with E-state index in [4.69, 9.17) is 0 Å². The van der Waals surface area contributed by atoms with Gasteiger partial charge in [-0.05, 0) is 43.2 Å². The predicted octanol–water partition coefficient (Wildman–Crippen LogP) is 2.86. The van der Waals surface area contributed by atoms with Gasteiger partial charge in [0, 0.05) is 51.0 Å². The van der Waals surface area contributed by atoms with Crippen molar-refractivity contribution in [2.75, 3.05) is 31.6 Å². The van der Waals surface area contributed by atoms with E-state index in [-0.39, 0.29) is 35.8 Å². The van der Waals surface area contributed by atoms with Crippen molar-refractivity contribution >= 4 is 41.3 Å². The summed E-state index contributed by atoms with van der Waals surface area (Å²) >= 11 is 0. The zero-order valence-electron chi connectivity index (χ0n) is 17.0. The Morgan fingerprint density at radius 1 is 1.23 bits per heavy atom. The van der Waals surface area contributed by atoms with Crippen LogP contribution in [-0.4, -0.2) is 53.3 Å². The molecule has 7 nitrogen and oxygen atoms in total. The van der Waals surface area contributed by atoms with Crippen LogP contribution in [0.4, 0.5) is 10.1 Å². The van der Waals surface area contributed by atoms with Crippen LogP contribution in [0.3, 0.4) is 0 Å². The molecule has 3 aromatic rings. The summed E-state index contributed by atoms with van der Waals surface area (Å²) < 4.78 is 15.6. The van der Waals surface area contributed by atoms with Gasteiger partial charge >= 0.3 is 0 Å². The fourth-order valence-corrected chi connectivity index (χ4v) is 3.74. The normalized spacial score (nSPS) is 16.9. The van der Waals surface area contributed by atoms with E-state index in [1.54, 1.807) is 19.2 Å². The molecule has 0 bridgehead atoms. The number of nitrogens with zero attached hydrogens (tertiary/aromatic N) is 5. The Morgan fingerprint density at radius 3 is 2.97 bits per heavy atom. The lowest BCUT2D eigenvalue weighted by atomic mass is 10.0. The molecular weight excluding hydrogens is 496 g/mol. The molecule has 1 aromatic carbocycles. The lowest BCUT2D eigenvalue weighted by Crippen LogP contribution is -2.51. The first-order chi connectivity index (χ1) is 14.2. The Hall–Kier alpha value is -2.43. The summed E-state index contributed by atoms with van der Waals surface area (Å²) in [5.74, 6) is 1.49. The number of guanidine groups is 1. The number of fused-ring (bicyclic) bond motifs is 1. The zero-order valence-corrected chi connectivity index (χ0v) is 19.3. The molecule has 0 aliphatic carbocycles. The Kier molecular flexibility index (Phi) is 7.83. The van der Waals surface area contributed by atoms with E-state index in [9.17, 15) is 4.39 Å². The summed E-state index contributed by atoms with van der Waals surface area (Å²) in [5.41, 5.74) is 1.78. The molecule has 1 unspecified atom stereocenters. The van der Waals surface area contributed by atoms with Crippen LogP contribution in [0, 0.1) is 5.82 Å². The molecule has 0 radical (unpaired) electrons. The van der Waals surface area contributed by atoms with Gasteiger partial charge in [0.25, 0.3) is 0 Å². The summed E-state index contributed by atoms with van der Waals surface area (Å²) in [6.45, 7) is 2.46. The van der Waals surface area contributed by atoms with Gasteiger partial charge in [0.15, 0.2) is 11.6 Å². The van der Waals surface area contributed by atoms with Crippen LogP contribution in [0.15, 0.2) is 53.7 Å². The van der Waals surface area contributed by atoms with E-state index in [1.807, 2.05) is 34.9 Å². The minimum atomic E-state index is -0.198. The number of anilines is 1. The fraction of sp³-hybridized carbons (Fsp3) is 0.381. The molecule has 2 aromatic heterocycles. The van der Waals surface area contributed by atoms with E-state index in [2.05, 4.69) is 30.7 Å². The van der Waals surface area contributed by atoms with Gasteiger partial charge in [0.1, 0.15) is 11.6 Å². The topological polar surface area (TPSA) is 69.8 Å². The molecule has 30 heavy (non-hydrogen) atoms. The first-order valence-corrected chi connectivity index (χ1v) is 9.99. The standard InChI is InChI=1S/C21H26FN7.HI/c1-23-21(24-11-10-20-27-26-19-9-2-3-13-29(19)20)25-17-7-5-12-28(15-17)18-8-4-6-16(22)14-18;/h2-4,6,8-9,13-14,17H,5,7,10-12,15H2,1H3,(H2,23,24,25);1H. The van der Waals surface area contributed by atoms with Crippen molar-refractivity contribution in [1.29, 1.82) is 0 Å². The highest BCUT2D eigenvalue weighted by Crippen LogP contribution is 2.20. The van der Waals surface area contributed by atoms with Crippen molar-refractivity contribution in [1.82, 2.24) is 25.2 Å². The van der Waals surface area contributed by atoms with Gasteiger partial charge in [-0.25, -0.2) is 4.39 Å². The van der Waals surface area contributed by atoms with Gasteiger partial charge < -0.3 is 15.5 Å². The van der Waals surface area contributed by atoms with Gasteiger partial charge in [-0.3, -0.25) is 9.39 Å². The molecule has 2 N–H and O–H groups in total. The van der Waals surface area contributed by atoms with Gasteiger partial charge in [-0.15, -0.1) is 34.2 Å². The molecule has 3 heterocycles. The summed E-state index contributed by atoms with van der Waals surface area (Å²) in [6.07, 6.45) is 4.82. The van der Waals surface area contributed by atoms with Crippen molar-refractivity contribution in [3.05, 3.63) is 60.3 Å². The number of nitrogens with one attached hydrogen (secondary N) is 2. The molecule has 1 aliphatic rings. The third kappa shape index (κ3) is 5.38. The van der Waals surface area contributed by atoms with Crippen molar-refractivity contribution in [2.45, 2.75) is 25.3 Å². The van der Waals surface area contributed by atoms with Crippen molar-refractivity contribution in [2.24, 2.45) is 4.99 Å². The molecule has 1 saturated heterocycles. The van der Waals surface area contributed by atoms with Crippen molar-refractivity contribution in [3.8, 4) is 0 Å². The average Bonchev–Trinajstić information content (AvgIpc) is 3.16. The third-order valence-corrected chi connectivity index (χ3v) is 5.18. The molecule has 160 valence electrons. The van der Waals surface area contributed by atoms with E-state index < -0.39 is 0 Å². The second kappa shape index (κ2) is 10.6. The minimum absolute atomic E-state index is 0. The van der Waals surface area contributed by atoms with Crippen LogP contribution < -0.4 is 15.5 Å². The number of aliphatic imine (C=N–C) groups is 1. The first kappa shape index (κ1) is 22.3. The number of halogens is 2. The van der Waals surface area contributed by atoms with E-state index in [1.165, 1.54) is 6.07 Å². The highest BCUT2D eigenvalue weighted by atomic mass is 127. The maximum absolute atomic E-state index is 13.6. The summed E-state index contributed by atoms with van der Waals surface area (Å²) in [5, 5.41) is 15.3. The van der Waals surface area contributed by atoms with Crippen LogP contribution in [0.2, 0.25) is 0 Å². The van der Waals surface area contributed by atoms with Crippen LogP contribution in [0.5, 0.6) is 0 Å². The second-order valence-electron chi connectivity index (χ2n) is 7.20. The molecule has 9 heteroatoms. The SMILES string of the molecule is CN=C(NCCc1nnc2ccccn12)NC1CCCN(c2cccc(F)c2)C1.I. The first-order valence-electron chi connectivity index (χ1n) is 9.99. The fourth-order valence-electron chi connectivity index (χ4n) is 3.74. The monoisotopic (exact) mass is 523 g/mol. The Bertz CT molecular complexity index is 990. The number of hydrogen-bond donors (Lipinski definition) is 2. The predicted molar refractivity (Wildman–Crippen MR) is 128 cm³/mol. The number of rotatable bonds is 5. The molecule has 1 aliphatic heterocycles. The lowest BCUT2D eigenvalue weighted by Gasteiger charge is -2.35. The number of aromatic nitrogens is 3. The Labute approximate surface area is 192 Å². The number of benzene rings is 1. The van der Waals surface area contributed by atoms with Gasteiger partial charge in [0.2, 0.25) is 0 Å². The maximum atomic E-state index is 13.6. The zero-order chi connectivity index (χ0) is 20.1. The average molecular weight is 523 g/mol. The van der Waals surface area contributed by atoms with Crippen molar-refractivity contribution in [3.63, 3.8) is 0 Å². The molecule has 0 saturated carbocycles. The smallest absolute Gasteiger partial charge is 0.191 e. The third-order valence-electron chi connectivity index (χ3n) is 5.18. The maximum Gasteiger partial charge on any atom is 0.191 e. The van der Waals surface area contributed by atoms with Crippen LogP contribution in [0.25, 0.3) is 5.65 Å². The van der Waals surface area contributed by atoms with E-state index in [0.717, 1.165) is 55.5 Å². The molecular formula is C21H27FIN7. The quantitative estimate of drug-likeness (QED) is 0.306. The number of pyridine rings is 1. The number of piperidine rings is 1. The largest absolute Gasteiger partial charge is 0.369 e. The van der Waals surface area contributed by atoms with Crippen LogP contribution in [0.1, 0.15) is 18.7 Å². The molecule has 1 atom stereocenters. The lowest BCUT2D eigenvalue weighted by molar-refractivity contribution is 0.467. The van der Waals surface area contributed by atoms with Gasteiger partial charge in [0.05, 0.1) is 0 Å². The minimum Gasteiger partial charge on any atom is -0.369 e. The van der Waals surface area contributed by atoms with E-state index in [0.29, 0.717) is 6.54 Å². The summed E-state index contributed by atoms with van der Waals surface area (Å²) in [6, 6.07) is 12.9. The Balaban J connectivity index is 0.00000256. The molecule has 0 amide bonds. The summed E-state index contributed by atoms with van der Waals surface area (Å²) in [7, 11) is 1.77. The van der Waals surface area contributed by atoms with Crippen LogP contribution in [-0.2, 0) is 6.42 Å². The molecule has 1 fully saturated rings. The van der Waals surface area contributed by atoms with Crippen molar-refractivity contribution < 1.29 is 4.39 Å². The second-order valence-corrected chi connectivity index (χ2v) is 7.20. The summed E-state index contributed by atoms with van der Waals surface area (Å²) in [4.78, 5) is 6.57. The molecule has 0 spiro atoms.